The lowest BCUT2D eigenvalue weighted by atomic mass is 9.98. The number of carbonyl (C=O) groups is 1. The molecule has 0 spiro atoms. The van der Waals surface area contributed by atoms with Gasteiger partial charge in [-0.15, -0.1) is 0 Å². The van der Waals surface area contributed by atoms with E-state index in [4.69, 9.17) is 0 Å². The van der Waals surface area contributed by atoms with Gasteiger partial charge in [-0.3, -0.25) is 4.79 Å². The second-order valence-corrected chi connectivity index (χ2v) is 5.77. The number of alkyl halides is 3. The third-order valence-electron chi connectivity index (χ3n) is 4.07. The summed E-state index contributed by atoms with van der Waals surface area (Å²) >= 11 is 0. The Kier molecular flexibility index (Phi) is 3.88. The Morgan fingerprint density at radius 1 is 1.09 bits per heavy atom. The lowest BCUT2D eigenvalue weighted by Gasteiger charge is -2.30. The first-order valence-electron chi connectivity index (χ1n) is 7.45. The molecular weight excluding hydrogens is 303 g/mol. The molecule has 0 radical (unpaired) electrons. The summed E-state index contributed by atoms with van der Waals surface area (Å²) in [4.78, 5) is 14.2. The van der Waals surface area contributed by atoms with Crippen molar-refractivity contribution >= 4 is 11.6 Å². The van der Waals surface area contributed by atoms with Crippen LogP contribution in [-0.2, 0) is 12.6 Å². The van der Waals surface area contributed by atoms with Crippen LogP contribution in [0.1, 0.15) is 33.5 Å². The highest BCUT2D eigenvalue weighted by atomic mass is 19.4. The largest absolute Gasteiger partial charge is 0.416 e. The lowest BCUT2D eigenvalue weighted by Crippen LogP contribution is -2.35. The molecule has 0 aromatic heterocycles. The molecule has 0 N–H and O–H groups in total. The number of hydrogen-bond acceptors (Lipinski definition) is 1. The average molecular weight is 319 g/mol. The highest BCUT2D eigenvalue weighted by Gasteiger charge is 2.32. The molecular formula is C18H16F3NO. The van der Waals surface area contributed by atoms with Crippen LogP contribution in [-0.4, -0.2) is 12.5 Å². The molecule has 0 bridgehead atoms. The number of fused-ring (bicyclic) bond motifs is 1. The predicted molar refractivity (Wildman–Crippen MR) is 82.6 cm³/mol. The first kappa shape index (κ1) is 15.6. The molecule has 1 aliphatic heterocycles. The summed E-state index contributed by atoms with van der Waals surface area (Å²) in [5.41, 5.74) is 2.08. The summed E-state index contributed by atoms with van der Waals surface area (Å²) in [6, 6.07) is 10.8. The van der Waals surface area contributed by atoms with Crippen molar-refractivity contribution in [3.8, 4) is 0 Å². The fourth-order valence-corrected chi connectivity index (χ4v) is 2.84. The minimum atomic E-state index is -4.36. The van der Waals surface area contributed by atoms with E-state index in [1.54, 1.807) is 17.0 Å². The van der Waals surface area contributed by atoms with E-state index < -0.39 is 11.7 Å². The minimum Gasteiger partial charge on any atom is -0.308 e. The summed E-state index contributed by atoms with van der Waals surface area (Å²) in [6.45, 7) is 2.45. The maximum Gasteiger partial charge on any atom is 0.416 e. The average Bonchev–Trinajstić information content (AvgIpc) is 2.53. The van der Waals surface area contributed by atoms with Crippen molar-refractivity contribution in [1.82, 2.24) is 0 Å². The van der Waals surface area contributed by atoms with Gasteiger partial charge >= 0.3 is 6.18 Å². The van der Waals surface area contributed by atoms with Crippen LogP contribution in [0.3, 0.4) is 0 Å². The third kappa shape index (κ3) is 3.09. The monoisotopic (exact) mass is 319 g/mol. The number of anilines is 1. The van der Waals surface area contributed by atoms with Crippen molar-refractivity contribution in [2.45, 2.75) is 25.9 Å². The van der Waals surface area contributed by atoms with E-state index in [-0.39, 0.29) is 5.91 Å². The smallest absolute Gasteiger partial charge is 0.308 e. The van der Waals surface area contributed by atoms with Crippen molar-refractivity contribution < 1.29 is 18.0 Å². The number of benzene rings is 2. The van der Waals surface area contributed by atoms with E-state index >= 15 is 0 Å². The van der Waals surface area contributed by atoms with Crippen LogP contribution in [0.4, 0.5) is 18.9 Å². The molecule has 1 aliphatic rings. The van der Waals surface area contributed by atoms with Gasteiger partial charge in [0.15, 0.2) is 0 Å². The highest BCUT2D eigenvalue weighted by Crippen LogP contribution is 2.35. The maximum atomic E-state index is 12.8. The van der Waals surface area contributed by atoms with Crippen LogP contribution in [0.5, 0.6) is 0 Å². The van der Waals surface area contributed by atoms with E-state index in [0.29, 0.717) is 36.2 Å². The Morgan fingerprint density at radius 3 is 2.43 bits per heavy atom. The standard InChI is InChI=1S/C18H16F3NO/c1-12-4-6-13(7-5-12)17(23)22-10-2-3-14-11-15(18(19,20)21)8-9-16(14)22/h4-9,11H,2-3,10H2,1H3. The molecule has 120 valence electrons. The van der Waals surface area contributed by atoms with Crippen molar-refractivity contribution in [2.75, 3.05) is 11.4 Å². The molecule has 2 nitrogen and oxygen atoms in total. The van der Waals surface area contributed by atoms with Crippen LogP contribution < -0.4 is 4.90 Å². The number of amides is 1. The highest BCUT2D eigenvalue weighted by molar-refractivity contribution is 6.06. The zero-order chi connectivity index (χ0) is 16.6. The summed E-state index contributed by atoms with van der Waals surface area (Å²) in [5, 5.41) is 0. The first-order chi connectivity index (χ1) is 10.9. The van der Waals surface area contributed by atoms with Crippen molar-refractivity contribution in [1.29, 1.82) is 0 Å². The van der Waals surface area contributed by atoms with Gasteiger partial charge in [-0.1, -0.05) is 17.7 Å². The normalized spacial score (nSPS) is 14.5. The van der Waals surface area contributed by atoms with Crippen LogP contribution in [0, 0.1) is 6.92 Å². The van der Waals surface area contributed by atoms with E-state index in [1.165, 1.54) is 6.07 Å². The van der Waals surface area contributed by atoms with Crippen molar-refractivity contribution in [2.24, 2.45) is 0 Å². The number of carbonyl (C=O) groups excluding carboxylic acids is 1. The molecule has 0 unspecified atom stereocenters. The summed E-state index contributed by atoms with van der Waals surface area (Å²) in [6.07, 6.45) is -3.15. The Balaban J connectivity index is 1.95. The predicted octanol–water partition coefficient (Wildman–Crippen LogP) is 4.61. The molecule has 5 heteroatoms. The Morgan fingerprint density at radius 2 is 1.78 bits per heavy atom. The molecule has 1 amide bonds. The van der Waals surface area contributed by atoms with Crippen molar-refractivity contribution in [3.05, 3.63) is 64.7 Å². The van der Waals surface area contributed by atoms with Gasteiger partial charge in [0.05, 0.1) is 5.56 Å². The number of nitrogens with zero attached hydrogens (tertiary/aromatic N) is 1. The van der Waals surface area contributed by atoms with E-state index in [0.717, 1.165) is 17.7 Å². The molecule has 0 saturated heterocycles. The number of halogens is 3. The van der Waals surface area contributed by atoms with Crippen LogP contribution in [0.2, 0.25) is 0 Å². The van der Waals surface area contributed by atoms with Gasteiger partial charge in [0.25, 0.3) is 5.91 Å². The topological polar surface area (TPSA) is 20.3 Å². The van der Waals surface area contributed by atoms with Gasteiger partial charge in [0.1, 0.15) is 0 Å². The second kappa shape index (κ2) is 5.72. The van der Waals surface area contributed by atoms with Crippen LogP contribution in [0.25, 0.3) is 0 Å². The van der Waals surface area contributed by atoms with Gasteiger partial charge in [-0.05, 0) is 55.7 Å². The van der Waals surface area contributed by atoms with Crippen LogP contribution in [0.15, 0.2) is 42.5 Å². The lowest BCUT2D eigenvalue weighted by molar-refractivity contribution is -0.137. The van der Waals surface area contributed by atoms with Crippen molar-refractivity contribution in [3.63, 3.8) is 0 Å². The molecule has 2 aromatic rings. The molecule has 1 heterocycles. The molecule has 23 heavy (non-hydrogen) atoms. The SMILES string of the molecule is Cc1ccc(C(=O)N2CCCc3cc(C(F)(F)F)ccc32)cc1. The zero-order valence-electron chi connectivity index (χ0n) is 12.7. The van der Waals surface area contributed by atoms with Gasteiger partial charge in [0, 0.05) is 17.8 Å². The molecule has 0 aliphatic carbocycles. The Hall–Kier alpha value is -2.30. The summed E-state index contributed by atoms with van der Waals surface area (Å²) < 4.78 is 38.5. The Labute approximate surface area is 132 Å². The van der Waals surface area contributed by atoms with Crippen LogP contribution >= 0.6 is 0 Å². The maximum absolute atomic E-state index is 12.8. The molecule has 0 atom stereocenters. The van der Waals surface area contributed by atoms with E-state index in [1.807, 2.05) is 19.1 Å². The first-order valence-corrected chi connectivity index (χ1v) is 7.45. The third-order valence-corrected chi connectivity index (χ3v) is 4.07. The van der Waals surface area contributed by atoms with Gasteiger partial charge in [-0.2, -0.15) is 13.2 Å². The quantitative estimate of drug-likeness (QED) is 0.752. The minimum absolute atomic E-state index is 0.175. The zero-order valence-corrected chi connectivity index (χ0v) is 12.7. The fraction of sp³-hybridized carbons (Fsp3) is 0.278. The van der Waals surface area contributed by atoms with Gasteiger partial charge in [0.2, 0.25) is 0 Å². The van der Waals surface area contributed by atoms with Gasteiger partial charge in [-0.25, -0.2) is 0 Å². The fourth-order valence-electron chi connectivity index (χ4n) is 2.84. The Bertz CT molecular complexity index is 735. The number of rotatable bonds is 1. The molecule has 0 fully saturated rings. The molecule has 0 saturated carbocycles. The summed E-state index contributed by atoms with van der Waals surface area (Å²) in [7, 11) is 0. The summed E-state index contributed by atoms with van der Waals surface area (Å²) in [5.74, 6) is -0.175. The van der Waals surface area contributed by atoms with Gasteiger partial charge < -0.3 is 4.90 Å². The number of hydrogen-bond donors (Lipinski definition) is 0. The van der Waals surface area contributed by atoms with E-state index in [9.17, 15) is 18.0 Å². The second-order valence-electron chi connectivity index (χ2n) is 5.77. The molecule has 2 aromatic carbocycles. The number of aryl methyl sites for hydroxylation is 2. The van der Waals surface area contributed by atoms with E-state index in [2.05, 4.69) is 0 Å². The molecule has 3 rings (SSSR count).